The van der Waals surface area contributed by atoms with Crippen LogP contribution in [-0.4, -0.2) is 71.4 Å². The molecule has 10 nitrogen and oxygen atoms in total. The summed E-state index contributed by atoms with van der Waals surface area (Å²) in [5.74, 6) is 0. The van der Waals surface area contributed by atoms with E-state index in [-0.39, 0.29) is 18.2 Å². The van der Waals surface area contributed by atoms with Crippen LogP contribution in [0.2, 0.25) is 0 Å². The summed E-state index contributed by atoms with van der Waals surface area (Å²) in [6.07, 6.45) is 0.479. The Labute approximate surface area is 122 Å². The number of oxime groups is 1. The average molecular weight is 322 g/mol. The van der Waals surface area contributed by atoms with Crippen LogP contribution in [0.1, 0.15) is 19.3 Å². The molecule has 2 fully saturated rings. The zero-order valence-electron chi connectivity index (χ0n) is 11.2. The molecule has 0 aromatic carbocycles. The van der Waals surface area contributed by atoms with Crippen LogP contribution in [0.15, 0.2) is 5.16 Å². The van der Waals surface area contributed by atoms with Gasteiger partial charge in [0.2, 0.25) is 0 Å². The van der Waals surface area contributed by atoms with Crippen molar-refractivity contribution in [1.29, 1.82) is 0 Å². The zero-order chi connectivity index (χ0) is 15.2. The molecule has 2 saturated heterocycles. The third-order valence-electron chi connectivity index (χ3n) is 4.06. The Morgan fingerprint density at radius 3 is 2.86 bits per heavy atom. The number of piperidine rings is 1. The standard InChI is InChI=1S/C10H18N4O6S/c11-4-7-3-8(12-19-7)9-2-1-6-5-13(9)10(15)14(6)20-21(16,17)18/h6-7,9-10,15H,1-5,11H2,(H,16,17,18)/t6?,7-,9+,10?/m1/s1. The number of rotatable bonds is 4. The molecule has 0 aliphatic carbocycles. The maximum Gasteiger partial charge on any atom is 0.413 e. The molecule has 5 atom stereocenters. The summed E-state index contributed by atoms with van der Waals surface area (Å²) in [4.78, 5) is 6.87. The van der Waals surface area contributed by atoms with Gasteiger partial charge < -0.3 is 15.7 Å². The van der Waals surface area contributed by atoms with Gasteiger partial charge in [0.25, 0.3) is 0 Å². The maximum atomic E-state index is 10.8. The quantitative estimate of drug-likeness (QED) is 0.514. The van der Waals surface area contributed by atoms with Gasteiger partial charge in [-0.2, -0.15) is 12.7 Å². The third-order valence-corrected chi connectivity index (χ3v) is 4.42. The first-order chi connectivity index (χ1) is 9.89. The molecular weight excluding hydrogens is 304 g/mol. The largest absolute Gasteiger partial charge is 0.413 e. The van der Waals surface area contributed by atoms with E-state index in [2.05, 4.69) is 9.44 Å². The zero-order valence-corrected chi connectivity index (χ0v) is 12.0. The second kappa shape index (κ2) is 5.43. The maximum absolute atomic E-state index is 10.8. The molecule has 3 unspecified atom stereocenters. The normalized spacial score (nSPS) is 40.1. The third kappa shape index (κ3) is 2.90. The lowest BCUT2D eigenvalue weighted by atomic mass is 9.94. The lowest BCUT2D eigenvalue weighted by molar-refractivity contribution is -0.198. The van der Waals surface area contributed by atoms with E-state index in [9.17, 15) is 13.5 Å². The number of aliphatic hydroxyl groups is 1. The molecule has 11 heteroatoms. The Balaban J connectivity index is 1.73. The Bertz CT molecular complexity index is 540. The SMILES string of the molecule is NC[C@H]1CC([C@@H]2CCC3CN2C(O)N3OS(=O)(=O)O)=NO1. The smallest absolute Gasteiger partial charge is 0.391 e. The van der Waals surface area contributed by atoms with Gasteiger partial charge in [0.15, 0.2) is 6.35 Å². The van der Waals surface area contributed by atoms with Crippen LogP contribution < -0.4 is 5.73 Å². The average Bonchev–Trinajstić information content (AvgIpc) is 2.98. The van der Waals surface area contributed by atoms with Gasteiger partial charge in [0.05, 0.1) is 17.8 Å². The van der Waals surface area contributed by atoms with E-state index in [1.807, 2.05) is 0 Å². The van der Waals surface area contributed by atoms with E-state index in [1.54, 1.807) is 4.90 Å². The van der Waals surface area contributed by atoms with Gasteiger partial charge in [-0.15, -0.1) is 5.06 Å². The lowest BCUT2D eigenvalue weighted by Crippen LogP contribution is -2.47. The predicted octanol–water partition coefficient (Wildman–Crippen LogP) is -1.75. The van der Waals surface area contributed by atoms with E-state index in [4.69, 9.17) is 15.1 Å². The molecule has 3 heterocycles. The molecule has 3 rings (SSSR count). The molecule has 21 heavy (non-hydrogen) atoms. The van der Waals surface area contributed by atoms with Crippen molar-refractivity contribution in [2.24, 2.45) is 10.9 Å². The number of hydroxylamine groups is 2. The first-order valence-corrected chi connectivity index (χ1v) is 8.07. The van der Waals surface area contributed by atoms with E-state index >= 15 is 0 Å². The van der Waals surface area contributed by atoms with Crippen molar-refractivity contribution in [2.45, 2.75) is 43.8 Å². The van der Waals surface area contributed by atoms with Gasteiger partial charge in [0, 0.05) is 19.5 Å². The van der Waals surface area contributed by atoms with Crippen LogP contribution >= 0.6 is 0 Å². The van der Waals surface area contributed by atoms with Crippen LogP contribution in [-0.2, 0) is 19.5 Å². The lowest BCUT2D eigenvalue weighted by Gasteiger charge is -2.31. The molecule has 4 N–H and O–H groups in total. The topological polar surface area (TPSA) is 138 Å². The molecule has 0 saturated carbocycles. The molecule has 0 aromatic heterocycles. The Kier molecular flexibility index (Phi) is 3.90. The number of hydrogen-bond donors (Lipinski definition) is 3. The number of aliphatic hydroxyl groups excluding tert-OH is 1. The minimum absolute atomic E-state index is 0.150. The van der Waals surface area contributed by atoms with Gasteiger partial charge >= 0.3 is 10.4 Å². The van der Waals surface area contributed by atoms with Crippen LogP contribution in [0, 0.1) is 0 Å². The van der Waals surface area contributed by atoms with Gasteiger partial charge in [-0.1, -0.05) is 5.16 Å². The van der Waals surface area contributed by atoms with E-state index in [1.165, 1.54) is 0 Å². The molecule has 2 bridgehead atoms. The van der Waals surface area contributed by atoms with Crippen LogP contribution in [0.4, 0.5) is 0 Å². The van der Waals surface area contributed by atoms with E-state index in [0.29, 0.717) is 32.4 Å². The fourth-order valence-corrected chi connectivity index (χ4v) is 3.53. The highest BCUT2D eigenvalue weighted by molar-refractivity contribution is 7.80. The van der Waals surface area contributed by atoms with Crippen molar-refractivity contribution in [3.8, 4) is 0 Å². The Morgan fingerprint density at radius 2 is 2.24 bits per heavy atom. The Morgan fingerprint density at radius 1 is 1.48 bits per heavy atom. The van der Waals surface area contributed by atoms with Crippen LogP contribution in [0.25, 0.3) is 0 Å². The summed E-state index contributed by atoms with van der Waals surface area (Å²) in [5, 5.41) is 15.1. The van der Waals surface area contributed by atoms with Crippen molar-refractivity contribution >= 4 is 16.1 Å². The number of nitrogens with zero attached hydrogens (tertiary/aromatic N) is 3. The van der Waals surface area contributed by atoms with Gasteiger partial charge in [-0.05, 0) is 12.8 Å². The molecule has 0 spiro atoms. The van der Waals surface area contributed by atoms with E-state index in [0.717, 1.165) is 10.8 Å². The molecule has 0 amide bonds. The summed E-state index contributed by atoms with van der Waals surface area (Å²) >= 11 is 0. The van der Waals surface area contributed by atoms with Crippen molar-refractivity contribution in [2.75, 3.05) is 13.1 Å². The van der Waals surface area contributed by atoms with Crippen molar-refractivity contribution < 1.29 is 27.2 Å². The second-order valence-electron chi connectivity index (χ2n) is 5.40. The monoisotopic (exact) mass is 322 g/mol. The highest BCUT2D eigenvalue weighted by Crippen LogP contribution is 2.34. The highest BCUT2D eigenvalue weighted by atomic mass is 32.3. The van der Waals surface area contributed by atoms with Crippen molar-refractivity contribution in [1.82, 2.24) is 9.96 Å². The van der Waals surface area contributed by atoms with E-state index < -0.39 is 16.8 Å². The van der Waals surface area contributed by atoms with Gasteiger partial charge in [0.1, 0.15) is 6.10 Å². The summed E-state index contributed by atoms with van der Waals surface area (Å²) in [5.41, 5.74) is 6.32. The summed E-state index contributed by atoms with van der Waals surface area (Å²) < 4.78 is 34.9. The summed E-state index contributed by atoms with van der Waals surface area (Å²) in [6, 6.07) is -0.450. The Hall–Kier alpha value is -0.820. The minimum Gasteiger partial charge on any atom is -0.391 e. The first-order valence-electron chi connectivity index (χ1n) is 6.71. The summed E-state index contributed by atoms with van der Waals surface area (Å²) in [7, 11) is -4.66. The molecule has 3 aliphatic heterocycles. The fourth-order valence-electron chi connectivity index (χ4n) is 3.12. The molecule has 0 aromatic rings. The van der Waals surface area contributed by atoms with Crippen LogP contribution in [0.5, 0.6) is 0 Å². The molecule has 3 aliphatic rings. The number of nitrogens with two attached hydrogens (primary N) is 1. The van der Waals surface area contributed by atoms with Crippen LogP contribution in [0.3, 0.4) is 0 Å². The van der Waals surface area contributed by atoms with Crippen molar-refractivity contribution in [3.05, 3.63) is 0 Å². The second-order valence-corrected chi connectivity index (χ2v) is 6.41. The van der Waals surface area contributed by atoms with Gasteiger partial charge in [-0.3, -0.25) is 9.45 Å². The first kappa shape index (κ1) is 15.1. The summed E-state index contributed by atoms with van der Waals surface area (Å²) in [6.45, 7) is 0.788. The number of hydrogen-bond acceptors (Lipinski definition) is 9. The molecule has 120 valence electrons. The molecule has 0 radical (unpaired) electrons. The highest BCUT2D eigenvalue weighted by Gasteiger charge is 2.50. The van der Waals surface area contributed by atoms with Crippen molar-refractivity contribution in [3.63, 3.8) is 0 Å². The fraction of sp³-hybridized carbons (Fsp3) is 0.900. The molecular formula is C10H18N4O6S. The minimum atomic E-state index is -4.66. The predicted molar refractivity (Wildman–Crippen MR) is 70.0 cm³/mol. The van der Waals surface area contributed by atoms with Gasteiger partial charge in [-0.25, -0.2) is 0 Å². The number of fused-ring (bicyclic) bond motifs is 2.